The van der Waals surface area contributed by atoms with Crippen LogP contribution < -0.4 is 10.1 Å². The summed E-state index contributed by atoms with van der Waals surface area (Å²) in [6.07, 6.45) is 1.00. The largest absolute Gasteiger partial charge is 0.489 e. The van der Waals surface area contributed by atoms with Crippen LogP contribution in [-0.4, -0.2) is 26.2 Å². The molecule has 1 N–H and O–H groups in total. The maximum absolute atomic E-state index is 13.1. The molecule has 0 fully saturated rings. The maximum atomic E-state index is 13.1. The van der Waals surface area contributed by atoms with Gasteiger partial charge >= 0.3 is 11.9 Å². The first-order chi connectivity index (χ1) is 12.5. The second-order valence-electron chi connectivity index (χ2n) is 5.14. The van der Waals surface area contributed by atoms with E-state index in [0.717, 1.165) is 6.08 Å². The third-order valence-electron chi connectivity index (χ3n) is 3.30. The summed E-state index contributed by atoms with van der Waals surface area (Å²) in [4.78, 5) is 23.0. The molecule has 0 amide bonds. The predicted molar refractivity (Wildman–Crippen MR) is 92.9 cm³/mol. The normalized spacial score (nSPS) is 10.8. The topological polar surface area (TPSA) is 73.9 Å². The molecule has 0 aromatic heterocycles. The Balaban J connectivity index is 2.02. The fourth-order valence-corrected chi connectivity index (χ4v) is 2.02. The van der Waals surface area contributed by atoms with Gasteiger partial charge in [0, 0.05) is 5.69 Å². The summed E-state index contributed by atoms with van der Waals surface area (Å²) in [6, 6.07) is 12.8. The number of carbonyl (C=O) groups excluding carboxylic acids is 2. The van der Waals surface area contributed by atoms with Gasteiger partial charge in [-0.15, -0.1) is 0 Å². The maximum Gasteiger partial charge on any atom is 0.354 e. The van der Waals surface area contributed by atoms with Crippen LogP contribution in [0.4, 0.5) is 10.1 Å². The average Bonchev–Trinajstić information content (AvgIpc) is 2.66. The molecule has 6 nitrogen and oxygen atoms in total. The number of benzene rings is 2. The van der Waals surface area contributed by atoms with E-state index in [2.05, 4.69) is 14.8 Å². The van der Waals surface area contributed by atoms with Crippen molar-refractivity contribution in [3.8, 4) is 5.75 Å². The van der Waals surface area contributed by atoms with E-state index in [1.54, 1.807) is 36.4 Å². The van der Waals surface area contributed by atoms with E-state index in [9.17, 15) is 14.0 Å². The van der Waals surface area contributed by atoms with Crippen molar-refractivity contribution in [3.05, 3.63) is 71.7 Å². The lowest BCUT2D eigenvalue weighted by atomic mass is 10.2. The van der Waals surface area contributed by atoms with Gasteiger partial charge in [-0.25, -0.2) is 14.0 Å². The minimum Gasteiger partial charge on any atom is -0.489 e. The van der Waals surface area contributed by atoms with Crippen LogP contribution >= 0.6 is 0 Å². The van der Waals surface area contributed by atoms with Crippen LogP contribution in [0.25, 0.3) is 0 Å². The number of halogens is 1. The van der Waals surface area contributed by atoms with Crippen LogP contribution in [0.5, 0.6) is 5.75 Å². The zero-order valence-electron chi connectivity index (χ0n) is 14.3. The van der Waals surface area contributed by atoms with Gasteiger partial charge in [-0.2, -0.15) is 0 Å². The predicted octanol–water partition coefficient (Wildman–Crippen LogP) is 3.05. The van der Waals surface area contributed by atoms with Crippen LogP contribution in [0.1, 0.15) is 5.56 Å². The number of hydrogen-bond acceptors (Lipinski definition) is 6. The Morgan fingerprint density at radius 1 is 1.08 bits per heavy atom. The fraction of sp³-hybridized carbons (Fsp3) is 0.158. The number of esters is 2. The molecule has 0 unspecified atom stereocenters. The van der Waals surface area contributed by atoms with E-state index in [-0.39, 0.29) is 18.1 Å². The van der Waals surface area contributed by atoms with Crippen molar-refractivity contribution in [2.75, 3.05) is 19.5 Å². The molecule has 0 aliphatic heterocycles. The molecule has 0 spiro atoms. The van der Waals surface area contributed by atoms with Crippen molar-refractivity contribution in [1.82, 2.24) is 0 Å². The smallest absolute Gasteiger partial charge is 0.354 e. The Morgan fingerprint density at radius 3 is 2.42 bits per heavy atom. The van der Waals surface area contributed by atoms with Gasteiger partial charge in [0.2, 0.25) is 0 Å². The van der Waals surface area contributed by atoms with Crippen LogP contribution in [0.2, 0.25) is 0 Å². The lowest BCUT2D eigenvalue weighted by molar-refractivity contribution is -0.138. The van der Waals surface area contributed by atoms with Gasteiger partial charge < -0.3 is 19.5 Å². The van der Waals surface area contributed by atoms with Gasteiger partial charge in [-0.3, -0.25) is 0 Å². The van der Waals surface area contributed by atoms with Crippen molar-refractivity contribution in [3.63, 3.8) is 0 Å². The summed E-state index contributed by atoms with van der Waals surface area (Å²) >= 11 is 0. The van der Waals surface area contributed by atoms with Crippen molar-refractivity contribution in [2.24, 2.45) is 0 Å². The van der Waals surface area contributed by atoms with Crippen molar-refractivity contribution in [2.45, 2.75) is 6.61 Å². The standard InChI is InChI=1S/C19H18FNO5/c1-24-18(22)11-17(19(23)25-2)21-15-6-8-16(9-7-15)26-12-13-4-3-5-14(20)10-13/h3-11,21H,12H2,1-2H3/b17-11+. The molecule has 0 radical (unpaired) electrons. The van der Waals surface area contributed by atoms with E-state index >= 15 is 0 Å². The van der Waals surface area contributed by atoms with Crippen molar-refractivity contribution >= 4 is 17.6 Å². The van der Waals surface area contributed by atoms with Crippen LogP contribution in [-0.2, 0) is 25.7 Å². The highest BCUT2D eigenvalue weighted by atomic mass is 19.1. The Hall–Kier alpha value is -3.35. The number of rotatable bonds is 7. The Labute approximate surface area is 150 Å². The molecule has 0 bridgehead atoms. The molecule has 136 valence electrons. The highest BCUT2D eigenvalue weighted by molar-refractivity contribution is 5.98. The third-order valence-corrected chi connectivity index (χ3v) is 3.30. The minimum atomic E-state index is -0.707. The Morgan fingerprint density at radius 2 is 1.81 bits per heavy atom. The molecule has 0 heterocycles. The first-order valence-corrected chi connectivity index (χ1v) is 7.64. The second-order valence-corrected chi connectivity index (χ2v) is 5.14. The SMILES string of the molecule is COC(=O)/C=C(/Nc1ccc(OCc2cccc(F)c2)cc1)C(=O)OC. The number of anilines is 1. The average molecular weight is 359 g/mol. The van der Waals surface area contributed by atoms with Crippen LogP contribution in [0, 0.1) is 5.82 Å². The van der Waals surface area contributed by atoms with Crippen LogP contribution in [0.3, 0.4) is 0 Å². The zero-order chi connectivity index (χ0) is 18.9. The van der Waals surface area contributed by atoms with E-state index in [0.29, 0.717) is 17.0 Å². The van der Waals surface area contributed by atoms with E-state index in [1.165, 1.54) is 26.4 Å². The minimum absolute atomic E-state index is 0.0622. The Kier molecular flexibility index (Phi) is 6.73. The molecule has 0 aliphatic rings. The summed E-state index contributed by atoms with van der Waals surface area (Å²) in [5.41, 5.74) is 1.19. The number of ether oxygens (including phenoxy) is 3. The van der Waals surface area contributed by atoms with Gasteiger partial charge in [-0.1, -0.05) is 12.1 Å². The van der Waals surface area contributed by atoms with E-state index in [4.69, 9.17) is 4.74 Å². The summed E-state index contributed by atoms with van der Waals surface area (Å²) < 4.78 is 27.8. The third kappa shape index (κ3) is 5.62. The van der Waals surface area contributed by atoms with Gasteiger partial charge in [0.25, 0.3) is 0 Å². The van der Waals surface area contributed by atoms with Crippen LogP contribution in [0.15, 0.2) is 60.3 Å². The molecule has 0 saturated carbocycles. The summed E-state index contributed by atoms with van der Waals surface area (Å²) in [6.45, 7) is 0.222. The molecule has 0 atom stereocenters. The van der Waals surface area contributed by atoms with Gasteiger partial charge in [0.15, 0.2) is 0 Å². The number of carbonyl (C=O) groups is 2. The molecular weight excluding hydrogens is 341 g/mol. The molecule has 7 heteroatoms. The summed E-state index contributed by atoms with van der Waals surface area (Å²) in [5, 5.41) is 2.78. The lowest BCUT2D eigenvalue weighted by Gasteiger charge is -2.10. The molecule has 2 rings (SSSR count). The molecule has 26 heavy (non-hydrogen) atoms. The van der Waals surface area contributed by atoms with E-state index < -0.39 is 11.9 Å². The molecule has 2 aromatic rings. The lowest BCUT2D eigenvalue weighted by Crippen LogP contribution is -2.15. The van der Waals surface area contributed by atoms with Gasteiger partial charge in [0.1, 0.15) is 23.9 Å². The number of methoxy groups -OCH3 is 2. The quantitative estimate of drug-likeness (QED) is 0.605. The Bertz CT molecular complexity index is 802. The monoisotopic (exact) mass is 359 g/mol. The molecule has 0 saturated heterocycles. The highest BCUT2D eigenvalue weighted by Gasteiger charge is 2.12. The van der Waals surface area contributed by atoms with Gasteiger partial charge in [-0.05, 0) is 42.0 Å². The molecular formula is C19H18FNO5. The first-order valence-electron chi connectivity index (χ1n) is 7.64. The number of nitrogens with one attached hydrogen (secondary N) is 1. The number of hydrogen-bond donors (Lipinski definition) is 1. The first kappa shape index (κ1) is 19.0. The molecule has 0 aliphatic carbocycles. The summed E-state index contributed by atoms with van der Waals surface area (Å²) in [7, 11) is 2.41. The fourth-order valence-electron chi connectivity index (χ4n) is 2.02. The second kappa shape index (κ2) is 9.22. The molecule has 2 aromatic carbocycles. The van der Waals surface area contributed by atoms with E-state index in [1.807, 2.05) is 0 Å². The van der Waals surface area contributed by atoms with Crippen molar-refractivity contribution < 1.29 is 28.2 Å². The summed E-state index contributed by atoms with van der Waals surface area (Å²) in [5.74, 6) is -1.15. The highest BCUT2D eigenvalue weighted by Crippen LogP contribution is 2.19. The van der Waals surface area contributed by atoms with Crippen molar-refractivity contribution in [1.29, 1.82) is 0 Å². The van der Waals surface area contributed by atoms with Gasteiger partial charge in [0.05, 0.1) is 20.3 Å². The zero-order valence-corrected chi connectivity index (χ0v) is 14.3.